The Morgan fingerprint density at radius 3 is 2.32 bits per heavy atom. The molecule has 22 heavy (non-hydrogen) atoms. The van der Waals surface area contributed by atoms with E-state index in [2.05, 4.69) is 17.1 Å². The van der Waals surface area contributed by atoms with E-state index in [0.717, 1.165) is 15.4 Å². The molecule has 0 fully saturated rings. The van der Waals surface area contributed by atoms with Gasteiger partial charge >= 0.3 is 5.97 Å². The number of nitrogens with zero attached hydrogens (tertiary/aromatic N) is 1. The lowest BCUT2D eigenvalue weighted by molar-refractivity contribution is 0.0595. The first-order chi connectivity index (χ1) is 10.8. The summed E-state index contributed by atoms with van der Waals surface area (Å²) in [4.78, 5) is 17.4. The Labute approximate surface area is 133 Å². The lowest BCUT2D eigenvalue weighted by Gasteiger charge is -1.99. The monoisotopic (exact) mass is 309 g/mol. The molecule has 0 unspecified atom stereocenters. The summed E-state index contributed by atoms with van der Waals surface area (Å²) in [7, 11) is 1.38. The summed E-state index contributed by atoms with van der Waals surface area (Å²) in [5.74, 6) is -0.394. The van der Waals surface area contributed by atoms with E-state index in [1.54, 1.807) is 0 Å². The molecule has 4 heteroatoms. The van der Waals surface area contributed by atoms with Crippen molar-refractivity contribution in [2.45, 2.75) is 6.42 Å². The molecule has 0 saturated heterocycles. The van der Waals surface area contributed by atoms with Crippen molar-refractivity contribution in [3.63, 3.8) is 0 Å². The number of esters is 1. The second-order valence-corrected chi connectivity index (χ2v) is 5.89. The van der Waals surface area contributed by atoms with Gasteiger partial charge in [-0.15, -0.1) is 11.3 Å². The quantitative estimate of drug-likeness (QED) is 0.678. The molecular weight excluding hydrogens is 294 g/mol. The SMILES string of the molecule is COC(=O)c1nc(Cc2ccccc2)sc1-c1ccccc1. The third kappa shape index (κ3) is 3.07. The predicted molar refractivity (Wildman–Crippen MR) is 88.1 cm³/mol. The van der Waals surface area contributed by atoms with Crippen molar-refractivity contribution in [1.29, 1.82) is 0 Å². The third-order valence-electron chi connectivity index (χ3n) is 3.28. The van der Waals surface area contributed by atoms with Gasteiger partial charge in [-0.1, -0.05) is 60.7 Å². The second-order valence-electron chi connectivity index (χ2n) is 4.81. The van der Waals surface area contributed by atoms with Crippen LogP contribution in [-0.4, -0.2) is 18.1 Å². The molecule has 0 spiro atoms. The normalized spacial score (nSPS) is 10.4. The summed E-state index contributed by atoms with van der Waals surface area (Å²) >= 11 is 1.54. The summed E-state index contributed by atoms with van der Waals surface area (Å²) in [5.41, 5.74) is 2.55. The van der Waals surface area contributed by atoms with Gasteiger partial charge in [-0.05, 0) is 11.1 Å². The van der Waals surface area contributed by atoms with E-state index in [-0.39, 0.29) is 0 Å². The lowest BCUT2D eigenvalue weighted by Crippen LogP contribution is -2.03. The number of carbonyl (C=O) groups excluding carboxylic acids is 1. The van der Waals surface area contributed by atoms with Gasteiger partial charge in [0.2, 0.25) is 0 Å². The Balaban J connectivity index is 2.00. The van der Waals surface area contributed by atoms with Gasteiger partial charge in [0.25, 0.3) is 0 Å². The Bertz CT molecular complexity index is 766. The molecule has 0 saturated carbocycles. The van der Waals surface area contributed by atoms with E-state index >= 15 is 0 Å². The Hall–Kier alpha value is -2.46. The van der Waals surface area contributed by atoms with Crippen LogP contribution in [0.5, 0.6) is 0 Å². The Morgan fingerprint density at radius 2 is 1.68 bits per heavy atom. The van der Waals surface area contributed by atoms with Crippen LogP contribution in [0.4, 0.5) is 0 Å². The van der Waals surface area contributed by atoms with Gasteiger partial charge in [-0.3, -0.25) is 0 Å². The molecule has 0 aliphatic carbocycles. The van der Waals surface area contributed by atoms with Gasteiger partial charge in [0, 0.05) is 6.42 Å². The molecular formula is C18H15NO2S. The van der Waals surface area contributed by atoms with Crippen molar-refractivity contribution in [2.75, 3.05) is 7.11 Å². The molecule has 1 aromatic heterocycles. The molecule has 3 nitrogen and oxygen atoms in total. The molecule has 110 valence electrons. The fraction of sp³-hybridized carbons (Fsp3) is 0.111. The number of methoxy groups -OCH3 is 1. The van der Waals surface area contributed by atoms with Crippen molar-refractivity contribution in [2.24, 2.45) is 0 Å². The number of benzene rings is 2. The fourth-order valence-electron chi connectivity index (χ4n) is 2.23. The van der Waals surface area contributed by atoms with E-state index < -0.39 is 5.97 Å². The van der Waals surface area contributed by atoms with Crippen LogP contribution in [0.25, 0.3) is 10.4 Å². The van der Waals surface area contributed by atoms with Crippen LogP contribution in [-0.2, 0) is 11.2 Å². The van der Waals surface area contributed by atoms with Crippen molar-refractivity contribution in [3.05, 3.63) is 76.9 Å². The van der Waals surface area contributed by atoms with Crippen LogP contribution >= 0.6 is 11.3 Å². The number of hydrogen-bond donors (Lipinski definition) is 0. The van der Waals surface area contributed by atoms with Gasteiger partial charge in [0.1, 0.15) is 0 Å². The van der Waals surface area contributed by atoms with Gasteiger partial charge in [0.05, 0.1) is 17.0 Å². The number of thiazole rings is 1. The molecule has 0 radical (unpaired) electrons. The molecule has 0 atom stereocenters. The van der Waals surface area contributed by atoms with Gasteiger partial charge in [-0.25, -0.2) is 9.78 Å². The van der Waals surface area contributed by atoms with E-state index in [1.807, 2.05) is 48.5 Å². The highest BCUT2D eigenvalue weighted by Gasteiger charge is 2.20. The highest BCUT2D eigenvalue weighted by Crippen LogP contribution is 2.31. The summed E-state index contributed by atoms with van der Waals surface area (Å²) in [5, 5.41) is 0.908. The number of aromatic nitrogens is 1. The maximum absolute atomic E-state index is 12.0. The highest BCUT2D eigenvalue weighted by atomic mass is 32.1. The average Bonchev–Trinajstić information content (AvgIpc) is 3.00. The average molecular weight is 309 g/mol. The standard InChI is InChI=1S/C18H15NO2S/c1-21-18(20)16-17(14-10-6-3-7-11-14)22-15(19-16)12-13-8-4-2-5-9-13/h2-11H,12H2,1H3. The number of hydrogen-bond acceptors (Lipinski definition) is 4. The molecule has 3 rings (SSSR count). The number of carbonyl (C=O) groups is 1. The zero-order valence-electron chi connectivity index (χ0n) is 12.2. The summed E-state index contributed by atoms with van der Waals surface area (Å²) in [6, 6.07) is 19.9. The van der Waals surface area contributed by atoms with Crippen LogP contribution in [0.1, 0.15) is 21.1 Å². The van der Waals surface area contributed by atoms with Gasteiger partial charge < -0.3 is 4.74 Å². The fourth-order valence-corrected chi connectivity index (χ4v) is 3.32. The van der Waals surface area contributed by atoms with Gasteiger partial charge in [0.15, 0.2) is 5.69 Å². The topological polar surface area (TPSA) is 39.2 Å². The van der Waals surface area contributed by atoms with E-state index in [0.29, 0.717) is 12.1 Å². The van der Waals surface area contributed by atoms with Crippen LogP contribution in [0.3, 0.4) is 0 Å². The molecule has 1 heterocycles. The minimum Gasteiger partial charge on any atom is -0.464 e. The summed E-state index contributed by atoms with van der Waals surface area (Å²) in [6.07, 6.45) is 0.711. The number of ether oxygens (including phenoxy) is 1. The zero-order chi connectivity index (χ0) is 15.4. The van der Waals surface area contributed by atoms with E-state index in [9.17, 15) is 4.79 Å². The summed E-state index contributed by atoms with van der Waals surface area (Å²) in [6.45, 7) is 0. The highest BCUT2D eigenvalue weighted by molar-refractivity contribution is 7.15. The van der Waals surface area contributed by atoms with Crippen LogP contribution in [0.15, 0.2) is 60.7 Å². The third-order valence-corrected chi connectivity index (χ3v) is 4.39. The van der Waals surface area contributed by atoms with Crippen molar-refractivity contribution in [1.82, 2.24) is 4.98 Å². The second kappa shape index (κ2) is 6.54. The van der Waals surface area contributed by atoms with Gasteiger partial charge in [-0.2, -0.15) is 0 Å². The minimum atomic E-state index is -0.394. The maximum atomic E-state index is 12.0. The molecule has 0 bridgehead atoms. The maximum Gasteiger partial charge on any atom is 0.358 e. The lowest BCUT2D eigenvalue weighted by atomic mass is 10.1. The molecule has 0 aliphatic heterocycles. The van der Waals surface area contributed by atoms with Crippen molar-refractivity contribution < 1.29 is 9.53 Å². The molecule has 0 amide bonds. The first kappa shape index (κ1) is 14.5. The first-order valence-corrected chi connectivity index (χ1v) is 7.77. The predicted octanol–water partition coefficient (Wildman–Crippen LogP) is 4.19. The van der Waals surface area contributed by atoms with Crippen LogP contribution in [0, 0.1) is 0 Å². The van der Waals surface area contributed by atoms with E-state index in [1.165, 1.54) is 24.0 Å². The van der Waals surface area contributed by atoms with Crippen molar-refractivity contribution in [3.8, 4) is 10.4 Å². The Kier molecular flexibility index (Phi) is 4.30. The molecule has 0 N–H and O–H groups in total. The first-order valence-electron chi connectivity index (χ1n) is 6.95. The smallest absolute Gasteiger partial charge is 0.358 e. The van der Waals surface area contributed by atoms with Crippen LogP contribution in [0.2, 0.25) is 0 Å². The summed E-state index contributed by atoms with van der Waals surface area (Å²) < 4.78 is 4.87. The van der Waals surface area contributed by atoms with E-state index in [4.69, 9.17) is 4.74 Å². The molecule has 0 aliphatic rings. The largest absolute Gasteiger partial charge is 0.464 e. The molecule has 3 aromatic rings. The molecule has 2 aromatic carbocycles. The zero-order valence-corrected chi connectivity index (χ0v) is 13.0. The number of rotatable bonds is 4. The van der Waals surface area contributed by atoms with Crippen molar-refractivity contribution >= 4 is 17.3 Å². The van der Waals surface area contributed by atoms with Crippen LogP contribution < -0.4 is 0 Å². The Morgan fingerprint density at radius 1 is 1.05 bits per heavy atom. The minimum absolute atomic E-state index is 0.393.